The Hall–Kier alpha value is -4.58. The van der Waals surface area contributed by atoms with E-state index < -0.39 is 0 Å². The van der Waals surface area contributed by atoms with Gasteiger partial charge in [0.25, 0.3) is 0 Å². The average molecular weight is 485 g/mol. The Morgan fingerprint density at radius 1 is 1.03 bits per heavy atom. The Kier molecular flexibility index (Phi) is 7.98. The number of hydrogen-bond donors (Lipinski definition) is 3. The quantitative estimate of drug-likeness (QED) is 0.432. The molecule has 1 saturated heterocycles. The number of nitrogens with one attached hydrogen (secondary N) is 3. The number of anilines is 3. The standard InChI is InChI=1S/C27H28N6O3/c1-2-36-24-7-3-6-23(17-24)31-26(34)30-22-10-8-19(9-11-22)20-12-15-33(16-13-20)27(35)32-25-21(18-28)5-4-14-29-25/h3-11,14,17,20H,2,12-13,15-16H2,1H3,(H,29,32,35)(H2,30,31,34). The van der Waals surface area contributed by atoms with Crippen molar-refractivity contribution in [2.45, 2.75) is 25.7 Å². The summed E-state index contributed by atoms with van der Waals surface area (Å²) in [6.07, 6.45) is 3.19. The summed E-state index contributed by atoms with van der Waals surface area (Å²) in [5.41, 5.74) is 2.85. The number of hydrogen-bond acceptors (Lipinski definition) is 5. The molecule has 3 N–H and O–H groups in total. The lowest BCUT2D eigenvalue weighted by Gasteiger charge is -2.32. The molecule has 3 aromatic rings. The van der Waals surface area contributed by atoms with Crippen LogP contribution in [0.4, 0.5) is 26.8 Å². The lowest BCUT2D eigenvalue weighted by molar-refractivity contribution is 0.194. The Balaban J connectivity index is 1.27. The zero-order valence-corrected chi connectivity index (χ0v) is 20.0. The summed E-state index contributed by atoms with van der Waals surface area (Å²) in [6.45, 7) is 3.68. The first-order valence-corrected chi connectivity index (χ1v) is 11.9. The van der Waals surface area contributed by atoms with Gasteiger partial charge in [0.15, 0.2) is 5.82 Å². The fourth-order valence-corrected chi connectivity index (χ4v) is 4.15. The number of nitrogens with zero attached hydrogens (tertiary/aromatic N) is 3. The van der Waals surface area contributed by atoms with E-state index in [-0.39, 0.29) is 17.9 Å². The number of piperidine rings is 1. The second kappa shape index (κ2) is 11.7. The molecule has 184 valence electrons. The Labute approximate surface area is 210 Å². The summed E-state index contributed by atoms with van der Waals surface area (Å²) in [5.74, 6) is 1.30. The van der Waals surface area contributed by atoms with Crippen LogP contribution in [0.2, 0.25) is 0 Å². The van der Waals surface area contributed by atoms with Gasteiger partial charge in [-0.25, -0.2) is 14.6 Å². The highest BCUT2D eigenvalue weighted by atomic mass is 16.5. The van der Waals surface area contributed by atoms with Crippen LogP contribution in [0.15, 0.2) is 66.9 Å². The smallest absolute Gasteiger partial charge is 0.323 e. The molecule has 4 rings (SSSR count). The fraction of sp³-hybridized carbons (Fsp3) is 0.259. The summed E-state index contributed by atoms with van der Waals surface area (Å²) >= 11 is 0. The van der Waals surface area contributed by atoms with Gasteiger partial charge in [0.05, 0.1) is 12.2 Å². The SMILES string of the molecule is CCOc1cccc(NC(=O)Nc2ccc(C3CCN(C(=O)Nc4ncccc4C#N)CC3)cc2)c1. The molecule has 0 atom stereocenters. The molecule has 0 saturated carbocycles. The molecule has 0 bridgehead atoms. The molecule has 1 fully saturated rings. The number of urea groups is 2. The van der Waals surface area contributed by atoms with Crippen LogP contribution >= 0.6 is 0 Å². The number of ether oxygens (including phenoxy) is 1. The van der Waals surface area contributed by atoms with Crippen LogP contribution in [0.25, 0.3) is 0 Å². The third kappa shape index (κ3) is 6.30. The number of rotatable bonds is 6. The van der Waals surface area contributed by atoms with Gasteiger partial charge in [-0.3, -0.25) is 5.32 Å². The second-order valence-electron chi connectivity index (χ2n) is 8.36. The molecule has 0 unspecified atom stereocenters. The Morgan fingerprint density at radius 3 is 2.50 bits per heavy atom. The number of nitriles is 1. The maximum absolute atomic E-state index is 12.6. The van der Waals surface area contributed by atoms with Crippen LogP contribution in [-0.4, -0.2) is 41.6 Å². The summed E-state index contributed by atoms with van der Waals surface area (Å²) in [7, 11) is 0. The molecule has 1 aromatic heterocycles. The van der Waals surface area contributed by atoms with Crippen molar-refractivity contribution >= 4 is 29.3 Å². The molecular formula is C27H28N6O3. The summed E-state index contributed by atoms with van der Waals surface area (Å²) in [5, 5.41) is 17.6. The molecular weight excluding hydrogens is 456 g/mol. The van der Waals surface area contributed by atoms with Gasteiger partial charge >= 0.3 is 12.1 Å². The predicted octanol–water partition coefficient (Wildman–Crippen LogP) is 5.41. The van der Waals surface area contributed by atoms with Gasteiger partial charge in [-0.2, -0.15) is 5.26 Å². The number of pyridine rings is 1. The first-order chi connectivity index (χ1) is 17.6. The zero-order chi connectivity index (χ0) is 25.3. The first-order valence-electron chi connectivity index (χ1n) is 11.9. The van der Waals surface area contributed by atoms with Crippen LogP contribution in [-0.2, 0) is 0 Å². The lowest BCUT2D eigenvalue weighted by atomic mass is 9.89. The third-order valence-electron chi connectivity index (χ3n) is 5.98. The van der Waals surface area contributed by atoms with Crippen LogP contribution < -0.4 is 20.7 Å². The highest BCUT2D eigenvalue weighted by Crippen LogP contribution is 2.29. The van der Waals surface area contributed by atoms with E-state index in [4.69, 9.17) is 4.74 Å². The van der Waals surface area contributed by atoms with Crippen molar-refractivity contribution in [1.29, 1.82) is 5.26 Å². The normalized spacial score (nSPS) is 13.4. The maximum atomic E-state index is 12.6. The van der Waals surface area contributed by atoms with Crippen molar-refractivity contribution < 1.29 is 14.3 Å². The topological polar surface area (TPSA) is 119 Å². The monoisotopic (exact) mass is 484 g/mol. The lowest BCUT2D eigenvalue weighted by Crippen LogP contribution is -2.40. The van der Waals surface area contributed by atoms with E-state index in [0.29, 0.717) is 48.3 Å². The summed E-state index contributed by atoms with van der Waals surface area (Å²) in [4.78, 5) is 30.8. The van der Waals surface area contributed by atoms with Gasteiger partial charge in [-0.1, -0.05) is 18.2 Å². The van der Waals surface area contributed by atoms with Crippen LogP contribution in [0.3, 0.4) is 0 Å². The zero-order valence-electron chi connectivity index (χ0n) is 20.0. The van der Waals surface area contributed by atoms with Gasteiger partial charge in [-0.05, 0) is 67.6 Å². The molecule has 36 heavy (non-hydrogen) atoms. The number of amides is 4. The van der Waals surface area contributed by atoms with E-state index in [2.05, 4.69) is 20.9 Å². The van der Waals surface area contributed by atoms with Crippen molar-refractivity contribution in [3.8, 4) is 11.8 Å². The molecule has 0 radical (unpaired) electrons. The molecule has 1 aliphatic rings. The van der Waals surface area contributed by atoms with E-state index in [1.807, 2.05) is 49.4 Å². The Bertz CT molecular complexity index is 1250. The minimum absolute atomic E-state index is 0.249. The molecule has 0 spiro atoms. The molecule has 1 aliphatic heterocycles. The van der Waals surface area contributed by atoms with E-state index in [9.17, 15) is 14.9 Å². The van der Waals surface area contributed by atoms with Gasteiger partial charge in [0.2, 0.25) is 0 Å². The maximum Gasteiger partial charge on any atom is 0.323 e. The average Bonchev–Trinajstić information content (AvgIpc) is 2.90. The minimum atomic E-state index is -0.330. The van der Waals surface area contributed by atoms with Gasteiger partial charge < -0.3 is 20.3 Å². The largest absolute Gasteiger partial charge is 0.494 e. The van der Waals surface area contributed by atoms with Crippen LogP contribution in [0, 0.1) is 11.3 Å². The van der Waals surface area contributed by atoms with E-state index in [0.717, 1.165) is 12.8 Å². The highest BCUT2D eigenvalue weighted by Gasteiger charge is 2.24. The molecule has 2 heterocycles. The van der Waals surface area contributed by atoms with Crippen molar-refractivity contribution in [2.75, 3.05) is 35.6 Å². The fourth-order valence-electron chi connectivity index (χ4n) is 4.15. The Morgan fingerprint density at radius 2 is 1.78 bits per heavy atom. The van der Waals surface area contributed by atoms with Gasteiger partial charge in [-0.15, -0.1) is 0 Å². The molecule has 0 aliphatic carbocycles. The number of aromatic nitrogens is 1. The van der Waals surface area contributed by atoms with E-state index in [1.54, 1.807) is 35.4 Å². The van der Waals surface area contributed by atoms with E-state index >= 15 is 0 Å². The second-order valence-corrected chi connectivity index (χ2v) is 8.36. The third-order valence-corrected chi connectivity index (χ3v) is 5.98. The van der Waals surface area contributed by atoms with Crippen LogP contribution in [0.5, 0.6) is 5.75 Å². The molecule has 9 nitrogen and oxygen atoms in total. The molecule has 2 aromatic carbocycles. The van der Waals surface area contributed by atoms with Crippen molar-refractivity contribution in [3.63, 3.8) is 0 Å². The number of benzene rings is 2. The first kappa shape index (κ1) is 24.5. The van der Waals surface area contributed by atoms with Crippen molar-refractivity contribution in [2.24, 2.45) is 0 Å². The van der Waals surface area contributed by atoms with Gasteiger partial charge in [0.1, 0.15) is 11.8 Å². The number of carbonyl (C=O) groups excluding carboxylic acids is 2. The predicted molar refractivity (Wildman–Crippen MR) is 138 cm³/mol. The summed E-state index contributed by atoms with van der Waals surface area (Å²) < 4.78 is 5.46. The highest BCUT2D eigenvalue weighted by molar-refractivity contribution is 5.99. The van der Waals surface area contributed by atoms with Crippen LogP contribution in [0.1, 0.15) is 36.8 Å². The number of likely N-dealkylation sites (tertiary alicyclic amines) is 1. The summed E-state index contributed by atoms with van der Waals surface area (Å²) in [6, 6.07) is 19.8. The van der Waals surface area contributed by atoms with E-state index in [1.165, 1.54) is 5.56 Å². The van der Waals surface area contributed by atoms with Crippen molar-refractivity contribution in [1.82, 2.24) is 9.88 Å². The molecule has 9 heteroatoms. The minimum Gasteiger partial charge on any atom is -0.494 e. The van der Waals surface area contributed by atoms with Gasteiger partial charge in [0, 0.05) is 36.7 Å². The molecule has 4 amide bonds. The van der Waals surface area contributed by atoms with Crippen molar-refractivity contribution in [3.05, 3.63) is 78.0 Å². The number of carbonyl (C=O) groups is 2.